The fraction of sp³-hybridized carbons (Fsp3) is 0.917. The number of nitrogens with zero attached hydrogens (tertiary/aromatic N) is 1. The summed E-state index contributed by atoms with van der Waals surface area (Å²) in [7, 11) is 0. The lowest BCUT2D eigenvalue weighted by molar-refractivity contribution is -0.138. The molecule has 0 spiro atoms. The first-order valence-electron chi connectivity index (χ1n) is 6.21. The molecule has 0 aromatic carbocycles. The number of rotatable bonds is 3. The number of hydrogen-bond acceptors (Lipinski definition) is 2. The lowest BCUT2D eigenvalue weighted by Gasteiger charge is -2.31. The van der Waals surface area contributed by atoms with Crippen LogP contribution in [-0.2, 0) is 4.79 Å². The van der Waals surface area contributed by atoms with Crippen LogP contribution in [0.1, 0.15) is 44.9 Å². The van der Waals surface area contributed by atoms with Crippen LogP contribution in [0.2, 0.25) is 0 Å². The van der Waals surface area contributed by atoms with Crippen LogP contribution in [0.4, 0.5) is 0 Å². The number of carboxylic acids is 1. The molecule has 2 rings (SSSR count). The van der Waals surface area contributed by atoms with E-state index in [1.165, 1.54) is 32.1 Å². The van der Waals surface area contributed by atoms with E-state index in [0.717, 1.165) is 25.6 Å². The summed E-state index contributed by atoms with van der Waals surface area (Å²) in [4.78, 5) is 13.2. The Kier molecular flexibility index (Phi) is 3.62. The first kappa shape index (κ1) is 10.9. The largest absolute Gasteiger partial charge is 0.481 e. The summed E-state index contributed by atoms with van der Waals surface area (Å²) in [6.07, 6.45) is 8.24. The standard InChI is InChI=1S/C12H21NO2/c14-12(15)8-10-6-7-13(9-10)11-4-2-1-3-5-11/h10-11H,1-9H2,(H,14,15). The maximum absolute atomic E-state index is 10.6. The predicted molar refractivity (Wildman–Crippen MR) is 58.8 cm³/mol. The van der Waals surface area contributed by atoms with Crippen molar-refractivity contribution < 1.29 is 9.90 Å². The van der Waals surface area contributed by atoms with Crippen molar-refractivity contribution in [1.29, 1.82) is 0 Å². The van der Waals surface area contributed by atoms with Crippen LogP contribution >= 0.6 is 0 Å². The molecule has 1 unspecified atom stereocenters. The molecule has 2 aliphatic rings. The highest BCUT2D eigenvalue weighted by atomic mass is 16.4. The third-order valence-corrected chi connectivity index (χ3v) is 3.87. The summed E-state index contributed by atoms with van der Waals surface area (Å²) in [5.74, 6) is -0.227. The molecular formula is C12H21NO2. The van der Waals surface area contributed by atoms with Crippen molar-refractivity contribution in [3.63, 3.8) is 0 Å². The van der Waals surface area contributed by atoms with Gasteiger partial charge in [-0.15, -0.1) is 0 Å². The molecular weight excluding hydrogens is 190 g/mol. The Labute approximate surface area is 91.5 Å². The van der Waals surface area contributed by atoms with Gasteiger partial charge in [-0.3, -0.25) is 4.79 Å². The van der Waals surface area contributed by atoms with Gasteiger partial charge in [0, 0.05) is 19.0 Å². The monoisotopic (exact) mass is 211 g/mol. The van der Waals surface area contributed by atoms with Gasteiger partial charge in [-0.1, -0.05) is 19.3 Å². The summed E-state index contributed by atoms with van der Waals surface area (Å²) in [5, 5.41) is 8.75. The Balaban J connectivity index is 1.78. The molecule has 3 nitrogen and oxygen atoms in total. The summed E-state index contributed by atoms with van der Waals surface area (Å²) < 4.78 is 0. The van der Waals surface area contributed by atoms with Gasteiger partial charge >= 0.3 is 5.97 Å². The van der Waals surface area contributed by atoms with Gasteiger partial charge in [0.15, 0.2) is 0 Å². The Bertz CT molecular complexity index is 224. The zero-order valence-corrected chi connectivity index (χ0v) is 9.32. The zero-order chi connectivity index (χ0) is 10.7. The number of carbonyl (C=O) groups is 1. The molecule has 1 saturated heterocycles. The molecule has 0 amide bonds. The molecule has 1 atom stereocenters. The average molecular weight is 211 g/mol. The number of hydrogen-bond donors (Lipinski definition) is 1. The van der Waals surface area contributed by atoms with E-state index >= 15 is 0 Å². The van der Waals surface area contributed by atoms with Crippen molar-refractivity contribution in [2.75, 3.05) is 13.1 Å². The molecule has 86 valence electrons. The highest BCUT2D eigenvalue weighted by Gasteiger charge is 2.29. The second kappa shape index (κ2) is 4.97. The Morgan fingerprint density at radius 1 is 1.20 bits per heavy atom. The molecule has 1 saturated carbocycles. The van der Waals surface area contributed by atoms with E-state index in [9.17, 15) is 4.79 Å². The van der Waals surface area contributed by atoms with Crippen molar-refractivity contribution in [2.45, 2.75) is 51.0 Å². The zero-order valence-electron chi connectivity index (χ0n) is 9.32. The van der Waals surface area contributed by atoms with E-state index in [2.05, 4.69) is 4.90 Å². The van der Waals surface area contributed by atoms with E-state index in [1.54, 1.807) is 0 Å². The van der Waals surface area contributed by atoms with E-state index in [4.69, 9.17) is 5.11 Å². The van der Waals surface area contributed by atoms with Gasteiger partial charge < -0.3 is 10.0 Å². The second-order valence-corrected chi connectivity index (χ2v) is 5.04. The van der Waals surface area contributed by atoms with Crippen molar-refractivity contribution in [3.8, 4) is 0 Å². The third-order valence-electron chi connectivity index (χ3n) is 3.87. The molecule has 1 heterocycles. The molecule has 15 heavy (non-hydrogen) atoms. The maximum Gasteiger partial charge on any atom is 0.303 e. The molecule has 0 aromatic heterocycles. The normalized spacial score (nSPS) is 29.5. The lowest BCUT2D eigenvalue weighted by Crippen LogP contribution is -2.35. The smallest absolute Gasteiger partial charge is 0.303 e. The van der Waals surface area contributed by atoms with Crippen LogP contribution in [0, 0.1) is 5.92 Å². The number of likely N-dealkylation sites (tertiary alicyclic amines) is 1. The summed E-state index contributed by atoms with van der Waals surface area (Å²) >= 11 is 0. The molecule has 0 radical (unpaired) electrons. The fourth-order valence-electron chi connectivity index (χ4n) is 3.05. The highest BCUT2D eigenvalue weighted by Crippen LogP contribution is 2.28. The average Bonchev–Trinajstić information content (AvgIpc) is 2.67. The van der Waals surface area contributed by atoms with Gasteiger partial charge in [-0.2, -0.15) is 0 Å². The van der Waals surface area contributed by atoms with Gasteiger partial charge in [-0.05, 0) is 31.7 Å². The molecule has 1 aliphatic heterocycles. The van der Waals surface area contributed by atoms with Crippen LogP contribution < -0.4 is 0 Å². The van der Waals surface area contributed by atoms with Crippen molar-refractivity contribution in [3.05, 3.63) is 0 Å². The lowest BCUT2D eigenvalue weighted by atomic mass is 9.94. The summed E-state index contributed by atoms with van der Waals surface area (Å²) in [6.45, 7) is 2.15. The van der Waals surface area contributed by atoms with Crippen LogP contribution in [-0.4, -0.2) is 35.1 Å². The predicted octanol–water partition coefficient (Wildman–Crippen LogP) is 2.12. The maximum atomic E-state index is 10.6. The minimum Gasteiger partial charge on any atom is -0.481 e. The third kappa shape index (κ3) is 2.94. The SMILES string of the molecule is O=C(O)CC1CCN(C2CCCCC2)C1. The highest BCUT2D eigenvalue weighted by molar-refractivity contribution is 5.67. The van der Waals surface area contributed by atoms with Crippen LogP contribution in [0.3, 0.4) is 0 Å². The molecule has 3 heteroatoms. The fourth-order valence-corrected chi connectivity index (χ4v) is 3.05. The Hall–Kier alpha value is -0.570. The van der Waals surface area contributed by atoms with Crippen LogP contribution in [0.15, 0.2) is 0 Å². The van der Waals surface area contributed by atoms with Crippen molar-refractivity contribution >= 4 is 5.97 Å². The van der Waals surface area contributed by atoms with Crippen LogP contribution in [0.5, 0.6) is 0 Å². The van der Waals surface area contributed by atoms with Crippen molar-refractivity contribution in [2.24, 2.45) is 5.92 Å². The molecule has 1 N–H and O–H groups in total. The topological polar surface area (TPSA) is 40.5 Å². The van der Waals surface area contributed by atoms with E-state index in [-0.39, 0.29) is 0 Å². The summed E-state index contributed by atoms with van der Waals surface area (Å²) in [5.41, 5.74) is 0. The quantitative estimate of drug-likeness (QED) is 0.777. The minimum atomic E-state index is -0.634. The van der Waals surface area contributed by atoms with Gasteiger partial charge in [0.25, 0.3) is 0 Å². The van der Waals surface area contributed by atoms with Gasteiger partial charge in [-0.25, -0.2) is 0 Å². The first-order chi connectivity index (χ1) is 7.25. The Morgan fingerprint density at radius 3 is 2.60 bits per heavy atom. The number of carboxylic acid groups (broad SMARTS) is 1. The molecule has 0 aromatic rings. The summed E-state index contributed by atoms with van der Waals surface area (Å²) in [6, 6.07) is 0.762. The molecule has 1 aliphatic carbocycles. The van der Waals surface area contributed by atoms with Gasteiger partial charge in [0.1, 0.15) is 0 Å². The van der Waals surface area contributed by atoms with E-state index in [0.29, 0.717) is 12.3 Å². The van der Waals surface area contributed by atoms with Crippen molar-refractivity contribution in [1.82, 2.24) is 4.90 Å². The van der Waals surface area contributed by atoms with E-state index in [1.807, 2.05) is 0 Å². The van der Waals surface area contributed by atoms with Crippen LogP contribution in [0.25, 0.3) is 0 Å². The molecule has 2 fully saturated rings. The van der Waals surface area contributed by atoms with Gasteiger partial charge in [0.2, 0.25) is 0 Å². The first-order valence-corrected chi connectivity index (χ1v) is 6.21. The van der Waals surface area contributed by atoms with E-state index < -0.39 is 5.97 Å². The van der Waals surface area contributed by atoms with Gasteiger partial charge in [0.05, 0.1) is 0 Å². The minimum absolute atomic E-state index is 0.364. The second-order valence-electron chi connectivity index (χ2n) is 5.04. The number of aliphatic carboxylic acids is 1. The molecule has 0 bridgehead atoms. The Morgan fingerprint density at radius 2 is 1.93 bits per heavy atom.